The van der Waals surface area contributed by atoms with Gasteiger partial charge in [-0.15, -0.1) is 17.9 Å². The Morgan fingerprint density at radius 2 is 1.85 bits per heavy atom. The normalized spacial score (nSPS) is 22.0. The summed E-state index contributed by atoms with van der Waals surface area (Å²) in [4.78, 5) is 72.0. The summed E-state index contributed by atoms with van der Waals surface area (Å²) in [7, 11) is -2.67. The number of thiophene rings is 1. The number of anilines is 1. The van der Waals surface area contributed by atoms with Crippen molar-refractivity contribution in [3.05, 3.63) is 64.0 Å². The number of benzene rings is 1. The first kappa shape index (κ1) is 41.6. The number of hydrogen-bond acceptors (Lipinski definition) is 15. The minimum Gasteiger partial charge on any atom is -0.470 e. The molecule has 16 nitrogen and oxygen atoms in total. The van der Waals surface area contributed by atoms with Crippen LogP contribution in [-0.4, -0.2) is 94.6 Å². The molecule has 3 fully saturated rings. The average Bonchev–Trinajstić information content (AvgIpc) is 3.97. The monoisotopic (exact) mass is 895 g/mol. The van der Waals surface area contributed by atoms with Gasteiger partial charge in [0, 0.05) is 17.7 Å². The lowest BCUT2D eigenvalue weighted by molar-refractivity contribution is -0.141. The molecule has 1 aliphatic heterocycles. The Labute approximate surface area is 358 Å². The van der Waals surface area contributed by atoms with Gasteiger partial charge in [0.2, 0.25) is 27.4 Å². The molecule has 4 aromatic heterocycles. The van der Waals surface area contributed by atoms with Crippen LogP contribution in [0.5, 0.6) is 5.88 Å². The van der Waals surface area contributed by atoms with Crippen molar-refractivity contribution in [2.75, 3.05) is 19.0 Å². The van der Waals surface area contributed by atoms with Crippen molar-refractivity contribution in [2.24, 2.45) is 11.3 Å². The van der Waals surface area contributed by atoms with Gasteiger partial charge in [-0.1, -0.05) is 61.9 Å². The second-order valence-corrected chi connectivity index (χ2v) is 20.9. The molecule has 0 spiro atoms. The predicted octanol–water partition coefficient (Wildman–Crippen LogP) is 5.85. The predicted molar refractivity (Wildman–Crippen MR) is 226 cm³/mol. The maximum atomic E-state index is 15.0. The van der Waals surface area contributed by atoms with Gasteiger partial charge in [-0.05, 0) is 55.9 Å². The highest BCUT2D eigenvalue weighted by atomic mass is 35.5. The fourth-order valence-corrected chi connectivity index (χ4v) is 10.7. The van der Waals surface area contributed by atoms with Crippen molar-refractivity contribution in [3.63, 3.8) is 0 Å². The summed E-state index contributed by atoms with van der Waals surface area (Å²) >= 11 is 8.62. The van der Waals surface area contributed by atoms with E-state index in [9.17, 15) is 27.6 Å². The molecule has 2 aliphatic carbocycles. The highest BCUT2D eigenvalue weighted by Gasteiger charge is 2.62. The van der Waals surface area contributed by atoms with Crippen molar-refractivity contribution in [1.82, 2.24) is 29.9 Å². The number of rotatable bonds is 13. The Bertz CT molecular complexity index is 2690. The molecule has 3 aliphatic rings. The molecule has 8 rings (SSSR count). The molecule has 1 saturated heterocycles. The van der Waals surface area contributed by atoms with Crippen LogP contribution in [0.4, 0.5) is 5.13 Å². The molecular formula is C40H42ClN7O9S3. The van der Waals surface area contributed by atoms with Crippen LogP contribution < -0.4 is 20.1 Å². The zero-order valence-corrected chi connectivity index (χ0v) is 36.4. The van der Waals surface area contributed by atoms with Crippen LogP contribution in [0.1, 0.15) is 61.8 Å². The van der Waals surface area contributed by atoms with Crippen LogP contribution in [0.15, 0.2) is 53.5 Å². The van der Waals surface area contributed by atoms with Crippen LogP contribution in [0, 0.1) is 18.3 Å². The summed E-state index contributed by atoms with van der Waals surface area (Å²) in [5, 5.41) is 6.39. The van der Waals surface area contributed by atoms with Crippen molar-refractivity contribution < 1.29 is 41.5 Å². The smallest absolute Gasteiger partial charge is 0.350 e. The fraction of sp³-hybridized carbons (Fsp3) is 0.425. The third-order valence-corrected chi connectivity index (χ3v) is 15.0. The minimum atomic E-state index is -3.94. The van der Waals surface area contributed by atoms with E-state index >= 15 is 0 Å². The average molecular weight is 896 g/mol. The van der Waals surface area contributed by atoms with Crippen molar-refractivity contribution in [3.8, 4) is 16.6 Å². The van der Waals surface area contributed by atoms with E-state index in [1.54, 1.807) is 25.1 Å². The number of para-hydroxylation sites is 1. The van der Waals surface area contributed by atoms with E-state index in [-0.39, 0.29) is 35.7 Å². The van der Waals surface area contributed by atoms with Gasteiger partial charge in [-0.3, -0.25) is 19.1 Å². The van der Waals surface area contributed by atoms with Crippen LogP contribution in [0.2, 0.25) is 4.34 Å². The second-order valence-electron chi connectivity index (χ2n) is 16.3. The van der Waals surface area contributed by atoms with E-state index < -0.39 is 74.0 Å². The molecule has 2 saturated carbocycles. The molecule has 0 unspecified atom stereocenters. The summed E-state index contributed by atoms with van der Waals surface area (Å²) in [6.45, 7) is 10.9. The molecule has 5 atom stereocenters. The van der Waals surface area contributed by atoms with Gasteiger partial charge in [0.05, 0.1) is 33.8 Å². The number of esters is 1. The number of nitrogens with one attached hydrogen (secondary N) is 3. The number of nitrogens with zero attached hydrogens (tertiary/aromatic N) is 4. The number of halogens is 1. The lowest BCUT2D eigenvalue weighted by Crippen LogP contribution is -2.58. The van der Waals surface area contributed by atoms with E-state index in [4.69, 9.17) is 35.5 Å². The molecule has 0 radical (unpaired) electrons. The highest BCUT2D eigenvalue weighted by Crippen LogP contribution is 2.46. The zero-order valence-electron chi connectivity index (χ0n) is 33.2. The Hall–Kier alpha value is -5.11. The highest BCUT2D eigenvalue weighted by molar-refractivity contribution is 7.91. The quantitative estimate of drug-likeness (QED) is 0.0936. The number of likely N-dealkylation sites (tertiary alicyclic amines) is 1. The van der Waals surface area contributed by atoms with Gasteiger partial charge >= 0.3 is 5.97 Å². The Kier molecular flexibility index (Phi) is 10.7. The first-order chi connectivity index (χ1) is 28.4. The fourth-order valence-electron chi connectivity index (χ4n) is 7.42. The van der Waals surface area contributed by atoms with Crippen LogP contribution >= 0.6 is 34.3 Å². The van der Waals surface area contributed by atoms with Crippen molar-refractivity contribution >= 4 is 95.2 Å². The molecule has 20 heteroatoms. The number of fused-ring (bicyclic) bond motifs is 3. The van der Waals surface area contributed by atoms with E-state index in [0.29, 0.717) is 49.8 Å². The summed E-state index contributed by atoms with van der Waals surface area (Å²) in [6, 6.07) is 8.71. The molecule has 60 heavy (non-hydrogen) atoms. The van der Waals surface area contributed by atoms with E-state index in [1.165, 1.54) is 29.4 Å². The molecule has 3 amide bonds. The number of methoxy groups -OCH3 is 1. The van der Waals surface area contributed by atoms with Crippen LogP contribution in [0.3, 0.4) is 0 Å². The maximum absolute atomic E-state index is 15.0. The number of carbonyl (C=O) groups excluding carboxylic acids is 4. The largest absolute Gasteiger partial charge is 0.470 e. The molecule has 3 N–H and O–H groups in total. The lowest BCUT2D eigenvalue weighted by Gasteiger charge is -2.35. The minimum absolute atomic E-state index is 0.0417. The Balaban J connectivity index is 1.15. The number of aromatic nitrogens is 3. The van der Waals surface area contributed by atoms with Crippen LogP contribution in [0.25, 0.3) is 32.8 Å². The third-order valence-electron chi connectivity index (χ3n) is 10.9. The van der Waals surface area contributed by atoms with E-state index in [2.05, 4.69) is 26.9 Å². The number of carbonyl (C=O) groups is 4. The zero-order chi connectivity index (χ0) is 42.9. The first-order valence-corrected chi connectivity index (χ1v) is 22.7. The van der Waals surface area contributed by atoms with Gasteiger partial charge in [0.25, 0.3) is 11.8 Å². The summed E-state index contributed by atoms with van der Waals surface area (Å²) in [6.07, 6.45) is 1.62. The Morgan fingerprint density at radius 3 is 2.50 bits per heavy atom. The molecular weight excluding hydrogens is 854 g/mol. The molecule has 316 valence electrons. The Morgan fingerprint density at radius 1 is 1.10 bits per heavy atom. The summed E-state index contributed by atoms with van der Waals surface area (Å²) in [5.41, 5.74) is -0.634. The van der Waals surface area contributed by atoms with E-state index in [0.717, 1.165) is 16.7 Å². The van der Waals surface area contributed by atoms with Gasteiger partial charge in [0.15, 0.2) is 11.0 Å². The number of sulfonamides is 1. The molecule has 0 bridgehead atoms. The standard InChI is InChI=1S/C40H42ClN7O9S3/c1-7-20-17-40(20,37(52)47-60(53,54)22-12-13-22)46-33(49)24-16-21(18-48(24)35(50)31(39(3,4)5)44-38-42-19(2)30(59-38)36(51)55-6)56-34-29-28(23-10-8-9-11-25(23)57-29)43-32(45-34)26-14-15-27(41)58-26/h7-11,14-15,20-22,24,31H,1,12-13,16-18H2,2-6H3,(H,42,44)(H,46,49)(H,47,52)/t20-,21-,24+,31-,40-/m1/s1. The SMILES string of the molecule is C=C[C@@H]1C[C@]1(NC(=O)[C@@H]1C[C@@H](Oc2nc(-c3ccc(Cl)s3)nc3c2oc2ccccc23)CN1C(=O)[C@@H](Nc1nc(C)c(C(=O)OC)s1)C(C)(C)C)C(=O)NS(=O)(=O)C1CC1. The third kappa shape index (κ3) is 7.83. The van der Waals surface area contributed by atoms with E-state index in [1.807, 2.05) is 39.0 Å². The summed E-state index contributed by atoms with van der Waals surface area (Å²) in [5.74, 6) is -2.74. The summed E-state index contributed by atoms with van der Waals surface area (Å²) < 4.78 is 46.1. The topological polar surface area (TPSA) is 212 Å². The number of amides is 3. The molecule has 1 aromatic carbocycles. The van der Waals surface area contributed by atoms with Crippen molar-refractivity contribution in [2.45, 2.75) is 82.4 Å². The number of ether oxygens (including phenoxy) is 2. The number of thiazole rings is 1. The van der Waals surface area contributed by atoms with Gasteiger partial charge in [0.1, 0.15) is 39.7 Å². The van der Waals surface area contributed by atoms with Gasteiger partial charge in [-0.2, -0.15) is 4.98 Å². The molecule has 5 heterocycles. The number of hydrogen-bond donors (Lipinski definition) is 3. The number of aryl methyl sites for hydroxylation is 1. The number of furan rings is 1. The lowest BCUT2D eigenvalue weighted by atomic mass is 9.85. The molecule has 5 aromatic rings. The van der Waals surface area contributed by atoms with Crippen LogP contribution in [-0.2, 0) is 29.1 Å². The second kappa shape index (κ2) is 15.4. The van der Waals surface area contributed by atoms with Crippen molar-refractivity contribution in [1.29, 1.82) is 0 Å². The maximum Gasteiger partial charge on any atom is 0.350 e. The van der Waals surface area contributed by atoms with Gasteiger partial charge < -0.3 is 29.4 Å². The van der Waals surface area contributed by atoms with Gasteiger partial charge in [-0.25, -0.2) is 23.2 Å². The first-order valence-electron chi connectivity index (χ1n) is 19.2.